The molecule has 2 heterocycles. The average molecular weight is 235 g/mol. The summed E-state index contributed by atoms with van der Waals surface area (Å²) in [4.78, 5) is 0. The van der Waals surface area contributed by atoms with Crippen LogP contribution in [0.4, 0.5) is 0 Å². The highest BCUT2D eigenvalue weighted by atomic mass is 32.2. The summed E-state index contributed by atoms with van der Waals surface area (Å²) in [6.07, 6.45) is 1.51. The van der Waals surface area contributed by atoms with Gasteiger partial charge in [-0.15, -0.1) is 0 Å². The minimum Gasteiger partial charge on any atom is -0.385 e. The van der Waals surface area contributed by atoms with Gasteiger partial charge >= 0.3 is 0 Å². The first kappa shape index (κ1) is 11.3. The largest absolute Gasteiger partial charge is 0.385 e. The molecule has 15 heavy (non-hydrogen) atoms. The Morgan fingerprint density at radius 2 is 2.07 bits per heavy atom. The Hall–Kier alpha value is -0.170. The predicted molar refractivity (Wildman–Crippen MR) is 55.2 cm³/mol. The maximum Gasteiger partial charge on any atom is 0.152 e. The Labute approximate surface area is 89.5 Å². The van der Waals surface area contributed by atoms with Gasteiger partial charge in [0.05, 0.1) is 23.7 Å². The minimum absolute atomic E-state index is 0.125. The van der Waals surface area contributed by atoms with Crippen molar-refractivity contribution in [1.29, 1.82) is 0 Å². The fourth-order valence-electron chi connectivity index (χ4n) is 2.46. The van der Waals surface area contributed by atoms with Crippen LogP contribution in [0.2, 0.25) is 0 Å². The quantitative estimate of drug-likeness (QED) is 0.611. The highest BCUT2D eigenvalue weighted by Gasteiger charge is 2.53. The second-order valence-electron chi connectivity index (χ2n) is 4.69. The first-order chi connectivity index (χ1) is 6.87. The number of aliphatic hydroxyl groups is 1. The third-order valence-corrected chi connectivity index (χ3v) is 5.35. The highest BCUT2D eigenvalue weighted by molar-refractivity contribution is 7.91. The summed E-state index contributed by atoms with van der Waals surface area (Å²) in [7, 11) is -3.11. The van der Waals surface area contributed by atoms with Gasteiger partial charge < -0.3 is 15.6 Å². The van der Waals surface area contributed by atoms with Crippen LogP contribution in [-0.4, -0.2) is 49.4 Å². The van der Waals surface area contributed by atoms with Crippen LogP contribution in [0.1, 0.15) is 19.3 Å². The molecule has 3 N–H and O–H groups in total. The second-order valence-corrected chi connectivity index (χ2v) is 6.87. The van der Waals surface area contributed by atoms with E-state index in [-0.39, 0.29) is 18.1 Å². The van der Waals surface area contributed by atoms with Crippen LogP contribution < -0.4 is 5.73 Å². The van der Waals surface area contributed by atoms with Crippen LogP contribution in [0.3, 0.4) is 0 Å². The van der Waals surface area contributed by atoms with Crippen LogP contribution in [0, 0.1) is 0 Å². The summed E-state index contributed by atoms with van der Waals surface area (Å²) < 4.78 is 28.2. The molecule has 0 aliphatic carbocycles. The van der Waals surface area contributed by atoms with Crippen LogP contribution >= 0.6 is 0 Å². The van der Waals surface area contributed by atoms with Crippen molar-refractivity contribution in [3.8, 4) is 0 Å². The molecule has 2 aliphatic rings. The molecule has 5 nitrogen and oxygen atoms in total. The molecule has 0 aromatic rings. The first-order valence-corrected chi connectivity index (χ1v) is 6.99. The Morgan fingerprint density at radius 3 is 2.60 bits per heavy atom. The summed E-state index contributed by atoms with van der Waals surface area (Å²) >= 11 is 0. The van der Waals surface area contributed by atoms with Gasteiger partial charge in [0, 0.05) is 13.0 Å². The highest BCUT2D eigenvalue weighted by Crippen LogP contribution is 2.36. The zero-order valence-corrected chi connectivity index (χ0v) is 9.42. The summed E-state index contributed by atoms with van der Waals surface area (Å²) in [6.45, 7) is 0.606. The van der Waals surface area contributed by atoms with Gasteiger partial charge in [-0.2, -0.15) is 0 Å². The Morgan fingerprint density at radius 1 is 1.33 bits per heavy atom. The number of sulfone groups is 1. The number of hydrogen-bond acceptors (Lipinski definition) is 5. The molecule has 2 rings (SSSR count). The van der Waals surface area contributed by atoms with Crippen molar-refractivity contribution in [2.45, 2.75) is 30.4 Å². The molecule has 2 atom stereocenters. The molecule has 0 amide bonds. The molecule has 0 aromatic carbocycles. The lowest BCUT2D eigenvalue weighted by atomic mass is 9.78. The van der Waals surface area contributed by atoms with E-state index in [0.29, 0.717) is 25.9 Å². The van der Waals surface area contributed by atoms with Gasteiger partial charge in [-0.25, -0.2) is 8.42 Å². The van der Waals surface area contributed by atoms with Crippen molar-refractivity contribution >= 4 is 9.84 Å². The Bertz CT molecular complexity index is 347. The van der Waals surface area contributed by atoms with E-state index in [4.69, 9.17) is 10.5 Å². The van der Waals surface area contributed by atoms with Crippen LogP contribution in [0.15, 0.2) is 0 Å². The number of rotatable bonds is 1. The van der Waals surface area contributed by atoms with Crippen molar-refractivity contribution in [1.82, 2.24) is 0 Å². The minimum atomic E-state index is -3.11. The molecule has 0 aromatic heterocycles. The number of hydrogen-bond donors (Lipinski definition) is 2. The maximum absolute atomic E-state index is 11.5. The molecule has 2 unspecified atom stereocenters. The van der Waals surface area contributed by atoms with Crippen LogP contribution in [0.25, 0.3) is 0 Å². The topological polar surface area (TPSA) is 89.6 Å². The summed E-state index contributed by atoms with van der Waals surface area (Å²) in [5.74, 6) is 0.0583. The van der Waals surface area contributed by atoms with Gasteiger partial charge in [-0.1, -0.05) is 0 Å². The molecule has 0 radical (unpaired) electrons. The lowest BCUT2D eigenvalue weighted by Crippen LogP contribution is -2.66. The molecule has 2 aliphatic heterocycles. The maximum atomic E-state index is 11.5. The van der Waals surface area contributed by atoms with Crippen molar-refractivity contribution in [2.75, 3.05) is 24.7 Å². The fourth-order valence-corrected chi connectivity index (χ4v) is 4.38. The number of ether oxygens (including phenoxy) is 1. The van der Waals surface area contributed by atoms with Crippen LogP contribution in [0.5, 0.6) is 0 Å². The lowest BCUT2D eigenvalue weighted by Gasteiger charge is -2.43. The number of nitrogens with two attached hydrogens (primary N) is 1. The molecule has 0 bridgehead atoms. The summed E-state index contributed by atoms with van der Waals surface area (Å²) in [5, 5.41) is 10.3. The van der Waals surface area contributed by atoms with Gasteiger partial charge in [-0.05, 0) is 12.8 Å². The zero-order chi connectivity index (χ0) is 11.2. The Balaban J connectivity index is 2.25. The SMILES string of the molecule is NC1(C2(O)CCOC2)CCCS(=O)(=O)C1. The van der Waals surface area contributed by atoms with Gasteiger partial charge in [-0.3, -0.25) is 0 Å². The van der Waals surface area contributed by atoms with E-state index >= 15 is 0 Å². The van der Waals surface area contributed by atoms with E-state index < -0.39 is 21.0 Å². The zero-order valence-electron chi connectivity index (χ0n) is 8.61. The van der Waals surface area contributed by atoms with Gasteiger partial charge in [0.15, 0.2) is 9.84 Å². The van der Waals surface area contributed by atoms with E-state index in [1.165, 1.54) is 0 Å². The molecule has 2 saturated heterocycles. The van der Waals surface area contributed by atoms with E-state index in [2.05, 4.69) is 0 Å². The average Bonchev–Trinajstić information content (AvgIpc) is 2.51. The standard InChI is InChI=1S/C9H17NO4S/c10-8(9(11)3-4-14-6-9)2-1-5-15(12,13)7-8/h11H,1-7,10H2. The Kier molecular flexibility index (Phi) is 2.57. The van der Waals surface area contributed by atoms with E-state index in [1.807, 2.05) is 0 Å². The van der Waals surface area contributed by atoms with E-state index in [0.717, 1.165) is 0 Å². The summed E-state index contributed by atoms with van der Waals surface area (Å²) in [6, 6.07) is 0. The van der Waals surface area contributed by atoms with Crippen molar-refractivity contribution < 1.29 is 18.3 Å². The van der Waals surface area contributed by atoms with E-state index in [9.17, 15) is 13.5 Å². The van der Waals surface area contributed by atoms with Gasteiger partial charge in [0.1, 0.15) is 5.60 Å². The van der Waals surface area contributed by atoms with Crippen molar-refractivity contribution in [2.24, 2.45) is 5.73 Å². The third kappa shape index (κ3) is 1.91. The molecular weight excluding hydrogens is 218 g/mol. The molecule has 2 fully saturated rings. The monoisotopic (exact) mass is 235 g/mol. The van der Waals surface area contributed by atoms with E-state index in [1.54, 1.807) is 0 Å². The van der Waals surface area contributed by atoms with Gasteiger partial charge in [0.2, 0.25) is 0 Å². The molecule has 0 spiro atoms. The first-order valence-electron chi connectivity index (χ1n) is 5.16. The molecule has 88 valence electrons. The fraction of sp³-hybridized carbons (Fsp3) is 1.00. The van der Waals surface area contributed by atoms with Crippen molar-refractivity contribution in [3.05, 3.63) is 0 Å². The smallest absolute Gasteiger partial charge is 0.152 e. The summed E-state index contributed by atoms with van der Waals surface area (Å²) in [5.41, 5.74) is 3.87. The van der Waals surface area contributed by atoms with Crippen molar-refractivity contribution in [3.63, 3.8) is 0 Å². The van der Waals surface area contributed by atoms with Crippen LogP contribution in [-0.2, 0) is 14.6 Å². The third-order valence-electron chi connectivity index (χ3n) is 3.48. The van der Waals surface area contributed by atoms with Gasteiger partial charge in [0.25, 0.3) is 0 Å². The molecule has 0 saturated carbocycles. The molecular formula is C9H17NO4S. The second kappa shape index (κ2) is 3.41. The predicted octanol–water partition coefficient (Wildman–Crippen LogP) is -0.956. The normalized spacial score (nSPS) is 45.5. The molecule has 6 heteroatoms. The lowest BCUT2D eigenvalue weighted by molar-refractivity contribution is -0.0373.